The highest BCUT2D eigenvalue weighted by Gasteiger charge is 2.12. The number of hydrogen-bond acceptors (Lipinski definition) is 3. The van der Waals surface area contributed by atoms with E-state index in [-0.39, 0.29) is 6.42 Å². The minimum absolute atomic E-state index is 0.0828. The molecule has 4 nitrogen and oxygen atoms in total. The molecule has 0 aliphatic heterocycles. The molecule has 0 unspecified atom stereocenters. The summed E-state index contributed by atoms with van der Waals surface area (Å²) in [6.45, 7) is 2.03. The van der Waals surface area contributed by atoms with E-state index >= 15 is 0 Å². The normalized spacial score (nSPS) is 12.0. The van der Waals surface area contributed by atoms with E-state index in [1.165, 1.54) is 0 Å². The number of aliphatic carboxylic acids is 1. The second-order valence-electron chi connectivity index (χ2n) is 5.01. The maximum atomic E-state index is 10.8. The summed E-state index contributed by atoms with van der Waals surface area (Å²) in [5.74, 6) is -0.110. The highest BCUT2D eigenvalue weighted by atomic mass is 16.5. The van der Waals surface area contributed by atoms with E-state index in [1.807, 2.05) is 49.4 Å². The SMILES string of the molecule is COc1ccc(C)c(-c2cccc([C@@H](N)CC(=O)O)c2)c1. The number of methoxy groups -OCH3 is 1. The third kappa shape index (κ3) is 3.61. The number of aryl methyl sites for hydroxylation is 1. The molecule has 3 N–H and O–H groups in total. The van der Waals surface area contributed by atoms with Crippen LogP contribution in [0.15, 0.2) is 42.5 Å². The van der Waals surface area contributed by atoms with Gasteiger partial charge in [-0.15, -0.1) is 0 Å². The smallest absolute Gasteiger partial charge is 0.305 e. The molecule has 0 radical (unpaired) electrons. The molecule has 0 heterocycles. The van der Waals surface area contributed by atoms with Crippen LogP contribution in [-0.2, 0) is 4.79 Å². The van der Waals surface area contributed by atoms with Crippen molar-refractivity contribution in [2.45, 2.75) is 19.4 Å². The topological polar surface area (TPSA) is 72.5 Å². The van der Waals surface area contributed by atoms with Crippen LogP contribution >= 0.6 is 0 Å². The van der Waals surface area contributed by atoms with Crippen LogP contribution in [0.3, 0.4) is 0 Å². The molecule has 0 saturated heterocycles. The molecule has 2 aromatic carbocycles. The number of carboxylic acid groups (broad SMARTS) is 1. The zero-order chi connectivity index (χ0) is 15.4. The van der Waals surface area contributed by atoms with E-state index in [9.17, 15) is 4.79 Å². The second-order valence-corrected chi connectivity index (χ2v) is 5.01. The second kappa shape index (κ2) is 6.41. The van der Waals surface area contributed by atoms with Crippen LogP contribution in [0.1, 0.15) is 23.6 Å². The van der Waals surface area contributed by atoms with Crippen molar-refractivity contribution in [3.05, 3.63) is 53.6 Å². The van der Waals surface area contributed by atoms with Crippen LogP contribution in [0, 0.1) is 6.92 Å². The van der Waals surface area contributed by atoms with Crippen molar-refractivity contribution in [1.29, 1.82) is 0 Å². The lowest BCUT2D eigenvalue weighted by Crippen LogP contribution is -2.14. The van der Waals surface area contributed by atoms with Gasteiger partial charge in [0.05, 0.1) is 13.5 Å². The van der Waals surface area contributed by atoms with Gasteiger partial charge in [-0.2, -0.15) is 0 Å². The number of benzene rings is 2. The molecule has 4 heteroatoms. The van der Waals surface area contributed by atoms with Crippen molar-refractivity contribution in [3.63, 3.8) is 0 Å². The molecule has 0 aromatic heterocycles. The van der Waals surface area contributed by atoms with Gasteiger partial charge in [0.1, 0.15) is 5.75 Å². The van der Waals surface area contributed by atoms with Crippen molar-refractivity contribution >= 4 is 5.97 Å². The Morgan fingerprint density at radius 3 is 2.71 bits per heavy atom. The molecule has 0 fully saturated rings. The third-order valence-electron chi connectivity index (χ3n) is 3.47. The van der Waals surface area contributed by atoms with Gasteiger partial charge in [-0.05, 0) is 47.4 Å². The fraction of sp³-hybridized carbons (Fsp3) is 0.235. The van der Waals surface area contributed by atoms with E-state index < -0.39 is 12.0 Å². The van der Waals surface area contributed by atoms with Gasteiger partial charge < -0.3 is 15.6 Å². The Morgan fingerprint density at radius 2 is 2.05 bits per heavy atom. The maximum absolute atomic E-state index is 10.8. The lowest BCUT2D eigenvalue weighted by Gasteiger charge is -2.13. The van der Waals surface area contributed by atoms with Crippen LogP contribution < -0.4 is 10.5 Å². The van der Waals surface area contributed by atoms with E-state index in [0.717, 1.165) is 28.0 Å². The van der Waals surface area contributed by atoms with Gasteiger partial charge in [0.2, 0.25) is 0 Å². The molecule has 0 aliphatic rings. The van der Waals surface area contributed by atoms with E-state index in [0.29, 0.717) is 0 Å². The van der Waals surface area contributed by atoms with Crippen LogP contribution in [0.25, 0.3) is 11.1 Å². The van der Waals surface area contributed by atoms with Crippen LogP contribution in [0.2, 0.25) is 0 Å². The van der Waals surface area contributed by atoms with E-state index in [4.69, 9.17) is 15.6 Å². The molecule has 0 saturated carbocycles. The van der Waals surface area contributed by atoms with Gasteiger partial charge >= 0.3 is 5.97 Å². The summed E-state index contributed by atoms with van der Waals surface area (Å²) in [6.07, 6.45) is -0.0828. The predicted octanol–water partition coefficient (Wildman–Crippen LogP) is 3.15. The molecule has 0 spiro atoms. The predicted molar refractivity (Wildman–Crippen MR) is 82.3 cm³/mol. The summed E-state index contributed by atoms with van der Waals surface area (Å²) in [5.41, 5.74) is 9.93. The number of nitrogens with two attached hydrogens (primary N) is 1. The quantitative estimate of drug-likeness (QED) is 0.885. The highest BCUT2D eigenvalue weighted by Crippen LogP contribution is 2.29. The van der Waals surface area contributed by atoms with Gasteiger partial charge in [0.25, 0.3) is 0 Å². The first-order valence-electron chi connectivity index (χ1n) is 6.73. The summed E-state index contributed by atoms with van der Waals surface area (Å²) in [5, 5.41) is 8.85. The molecular weight excluding hydrogens is 266 g/mol. The van der Waals surface area contributed by atoms with Crippen molar-refractivity contribution in [2.24, 2.45) is 5.73 Å². The molecule has 0 amide bonds. The van der Waals surface area contributed by atoms with Gasteiger partial charge in [0.15, 0.2) is 0 Å². The van der Waals surface area contributed by atoms with Crippen LogP contribution in [0.5, 0.6) is 5.75 Å². The first-order chi connectivity index (χ1) is 10.0. The Bertz CT molecular complexity index is 652. The molecule has 21 heavy (non-hydrogen) atoms. The van der Waals surface area contributed by atoms with Crippen molar-refractivity contribution in [1.82, 2.24) is 0 Å². The Labute approximate surface area is 124 Å². The maximum Gasteiger partial charge on any atom is 0.305 e. The summed E-state index contributed by atoms with van der Waals surface area (Å²) in [7, 11) is 1.63. The Balaban J connectivity index is 2.39. The molecule has 0 aliphatic carbocycles. The summed E-state index contributed by atoms with van der Waals surface area (Å²) < 4.78 is 5.26. The first-order valence-corrected chi connectivity index (χ1v) is 6.73. The zero-order valence-corrected chi connectivity index (χ0v) is 12.2. The number of carbonyl (C=O) groups is 1. The summed E-state index contributed by atoms with van der Waals surface area (Å²) in [6, 6.07) is 13.0. The largest absolute Gasteiger partial charge is 0.497 e. The number of ether oxygens (including phenoxy) is 1. The molecule has 110 valence electrons. The minimum atomic E-state index is -0.898. The standard InChI is InChI=1S/C17H19NO3/c1-11-6-7-14(21-2)9-15(11)12-4-3-5-13(8-12)16(18)10-17(19)20/h3-9,16H,10,18H2,1-2H3,(H,19,20)/t16-/m0/s1. The average Bonchev–Trinajstić information content (AvgIpc) is 2.47. The number of rotatable bonds is 5. The Kier molecular flexibility index (Phi) is 4.60. The van der Waals surface area contributed by atoms with Crippen LogP contribution in [-0.4, -0.2) is 18.2 Å². The van der Waals surface area contributed by atoms with Gasteiger partial charge in [-0.25, -0.2) is 0 Å². The minimum Gasteiger partial charge on any atom is -0.497 e. The first kappa shape index (κ1) is 15.1. The van der Waals surface area contributed by atoms with Crippen molar-refractivity contribution < 1.29 is 14.6 Å². The molecule has 1 atom stereocenters. The lowest BCUT2D eigenvalue weighted by molar-refractivity contribution is -0.137. The fourth-order valence-corrected chi connectivity index (χ4v) is 2.28. The zero-order valence-electron chi connectivity index (χ0n) is 12.2. The highest BCUT2D eigenvalue weighted by molar-refractivity contribution is 5.71. The Hall–Kier alpha value is -2.33. The Morgan fingerprint density at radius 1 is 1.29 bits per heavy atom. The van der Waals surface area contributed by atoms with Crippen molar-refractivity contribution in [2.75, 3.05) is 7.11 Å². The van der Waals surface area contributed by atoms with E-state index in [1.54, 1.807) is 7.11 Å². The monoisotopic (exact) mass is 285 g/mol. The lowest BCUT2D eigenvalue weighted by atomic mass is 9.96. The fourth-order valence-electron chi connectivity index (χ4n) is 2.28. The third-order valence-corrected chi connectivity index (χ3v) is 3.47. The average molecular weight is 285 g/mol. The van der Waals surface area contributed by atoms with Crippen molar-refractivity contribution in [3.8, 4) is 16.9 Å². The molecular formula is C17H19NO3. The number of carboxylic acids is 1. The number of hydrogen-bond donors (Lipinski definition) is 2. The summed E-state index contributed by atoms with van der Waals surface area (Å²) in [4.78, 5) is 10.8. The van der Waals surface area contributed by atoms with Gasteiger partial charge in [-0.1, -0.05) is 24.3 Å². The van der Waals surface area contributed by atoms with E-state index in [2.05, 4.69) is 0 Å². The summed E-state index contributed by atoms with van der Waals surface area (Å²) >= 11 is 0. The van der Waals surface area contributed by atoms with Gasteiger partial charge in [0, 0.05) is 6.04 Å². The molecule has 0 bridgehead atoms. The van der Waals surface area contributed by atoms with Gasteiger partial charge in [-0.3, -0.25) is 4.79 Å². The molecule has 2 rings (SSSR count). The van der Waals surface area contributed by atoms with Crippen LogP contribution in [0.4, 0.5) is 0 Å². The molecule has 2 aromatic rings.